The van der Waals surface area contributed by atoms with Gasteiger partial charge in [-0.3, -0.25) is 0 Å². The molecule has 0 fully saturated rings. The van der Waals surface area contributed by atoms with E-state index < -0.39 is 0 Å². The molecule has 0 radical (unpaired) electrons. The molecule has 0 N–H and O–H groups in total. The Morgan fingerprint density at radius 3 is 2.65 bits per heavy atom. The molecular weight excluding hydrogens is 280 g/mol. The van der Waals surface area contributed by atoms with Crippen LogP contribution in [0.25, 0.3) is 0 Å². The minimum atomic E-state index is 0.387. The maximum Gasteiger partial charge on any atom is 0.161 e. The first-order valence-electron chi connectivity index (χ1n) is 6.26. The van der Waals surface area contributed by atoms with Crippen molar-refractivity contribution in [1.82, 2.24) is 0 Å². The van der Waals surface area contributed by atoms with Gasteiger partial charge in [-0.05, 0) is 30.0 Å². The van der Waals surface area contributed by atoms with Crippen LogP contribution in [0.1, 0.15) is 37.1 Å². The number of halogens is 1. The number of fused-ring (bicyclic) bond motifs is 1. The van der Waals surface area contributed by atoms with Gasteiger partial charge in [0.25, 0.3) is 0 Å². The molecule has 0 amide bonds. The summed E-state index contributed by atoms with van der Waals surface area (Å²) in [6.07, 6.45) is 2.44. The van der Waals surface area contributed by atoms with Crippen LogP contribution in [0.3, 0.4) is 0 Å². The smallest absolute Gasteiger partial charge is 0.161 e. The molecule has 0 saturated carbocycles. The zero-order valence-corrected chi connectivity index (χ0v) is 12.0. The minimum absolute atomic E-state index is 0.387. The van der Waals surface area contributed by atoms with Crippen LogP contribution in [0, 0.1) is 5.92 Å². The van der Waals surface area contributed by atoms with E-state index >= 15 is 0 Å². The third kappa shape index (κ3) is 2.95. The number of hydrogen-bond donors (Lipinski definition) is 0. The Morgan fingerprint density at radius 2 is 1.94 bits per heavy atom. The lowest BCUT2D eigenvalue weighted by atomic mass is 9.96. The fourth-order valence-electron chi connectivity index (χ4n) is 2.16. The molecule has 1 aliphatic rings. The lowest BCUT2D eigenvalue weighted by Gasteiger charge is -2.22. The van der Waals surface area contributed by atoms with Crippen LogP contribution in [0.5, 0.6) is 11.5 Å². The normalized spacial score (nSPS) is 17.6. The van der Waals surface area contributed by atoms with E-state index in [0.29, 0.717) is 24.0 Å². The van der Waals surface area contributed by atoms with Gasteiger partial charge in [0.2, 0.25) is 0 Å². The molecule has 3 heteroatoms. The van der Waals surface area contributed by atoms with E-state index in [1.54, 1.807) is 0 Å². The highest BCUT2D eigenvalue weighted by Crippen LogP contribution is 2.38. The molecule has 94 valence electrons. The van der Waals surface area contributed by atoms with Crippen molar-refractivity contribution in [3.8, 4) is 11.5 Å². The van der Waals surface area contributed by atoms with Gasteiger partial charge >= 0.3 is 0 Å². The van der Waals surface area contributed by atoms with Gasteiger partial charge in [0, 0.05) is 4.83 Å². The highest BCUT2D eigenvalue weighted by Gasteiger charge is 2.19. The molecule has 0 saturated heterocycles. The van der Waals surface area contributed by atoms with Crippen molar-refractivity contribution in [3.05, 3.63) is 23.8 Å². The van der Waals surface area contributed by atoms with Crippen molar-refractivity contribution in [2.24, 2.45) is 5.92 Å². The van der Waals surface area contributed by atoms with E-state index in [0.717, 1.165) is 11.5 Å². The van der Waals surface area contributed by atoms with Gasteiger partial charge in [-0.2, -0.15) is 0 Å². The third-order valence-corrected chi connectivity index (χ3v) is 4.56. The molecular formula is C14H19BrO2. The van der Waals surface area contributed by atoms with Gasteiger partial charge in [-0.15, -0.1) is 0 Å². The molecule has 1 heterocycles. The van der Waals surface area contributed by atoms with Crippen molar-refractivity contribution < 1.29 is 9.47 Å². The summed E-state index contributed by atoms with van der Waals surface area (Å²) in [5.41, 5.74) is 1.27. The monoisotopic (exact) mass is 298 g/mol. The Bertz CT molecular complexity index is 378. The molecule has 1 aromatic carbocycles. The largest absolute Gasteiger partial charge is 0.486 e. The van der Waals surface area contributed by atoms with Gasteiger partial charge in [0.1, 0.15) is 13.2 Å². The quantitative estimate of drug-likeness (QED) is 0.770. The Labute approximate surface area is 111 Å². The molecule has 2 unspecified atom stereocenters. The number of rotatable bonds is 4. The molecule has 2 atom stereocenters. The summed E-state index contributed by atoms with van der Waals surface area (Å²) in [5, 5.41) is 0. The summed E-state index contributed by atoms with van der Waals surface area (Å²) >= 11 is 3.78. The lowest BCUT2D eigenvalue weighted by Crippen LogP contribution is -2.15. The first kappa shape index (κ1) is 12.7. The van der Waals surface area contributed by atoms with E-state index in [-0.39, 0.29) is 0 Å². The first-order chi connectivity index (χ1) is 8.22. The van der Waals surface area contributed by atoms with E-state index in [4.69, 9.17) is 9.47 Å². The highest BCUT2D eigenvalue weighted by atomic mass is 79.9. The zero-order valence-electron chi connectivity index (χ0n) is 10.4. The number of hydrogen-bond acceptors (Lipinski definition) is 2. The van der Waals surface area contributed by atoms with Crippen LogP contribution in [-0.2, 0) is 0 Å². The second kappa shape index (κ2) is 5.76. The molecule has 2 nitrogen and oxygen atoms in total. The van der Waals surface area contributed by atoms with Crippen molar-refractivity contribution in [2.45, 2.75) is 31.5 Å². The maximum absolute atomic E-state index is 5.61. The summed E-state index contributed by atoms with van der Waals surface area (Å²) in [5.74, 6) is 2.37. The summed E-state index contributed by atoms with van der Waals surface area (Å²) in [6, 6.07) is 6.23. The standard InChI is InChI=1S/C14H19BrO2/c1-3-4-10(2)14(15)11-5-6-12-13(9-11)17-8-7-16-12/h5-6,9-10,14H,3-4,7-8H2,1-2H3. The van der Waals surface area contributed by atoms with E-state index in [1.807, 2.05) is 6.07 Å². The van der Waals surface area contributed by atoms with Gasteiger partial charge in [0.05, 0.1) is 0 Å². The van der Waals surface area contributed by atoms with Gasteiger partial charge in [-0.1, -0.05) is 42.3 Å². The number of benzene rings is 1. The number of ether oxygens (including phenoxy) is 2. The molecule has 1 aromatic rings. The average molecular weight is 299 g/mol. The van der Waals surface area contributed by atoms with Crippen molar-refractivity contribution in [2.75, 3.05) is 13.2 Å². The van der Waals surface area contributed by atoms with E-state index in [9.17, 15) is 0 Å². The van der Waals surface area contributed by atoms with E-state index in [1.165, 1.54) is 18.4 Å². The molecule has 0 spiro atoms. The molecule has 0 aliphatic carbocycles. The Balaban J connectivity index is 2.15. The Hall–Kier alpha value is -0.700. The molecule has 2 rings (SSSR count). The lowest BCUT2D eigenvalue weighted by molar-refractivity contribution is 0.171. The summed E-state index contributed by atoms with van der Waals surface area (Å²) in [6.45, 7) is 5.80. The average Bonchev–Trinajstić information content (AvgIpc) is 2.37. The predicted molar refractivity (Wildman–Crippen MR) is 73.2 cm³/mol. The fourth-order valence-corrected chi connectivity index (χ4v) is 2.71. The van der Waals surface area contributed by atoms with Gasteiger partial charge in [-0.25, -0.2) is 0 Å². The fraction of sp³-hybridized carbons (Fsp3) is 0.571. The zero-order chi connectivity index (χ0) is 12.3. The van der Waals surface area contributed by atoms with Crippen molar-refractivity contribution in [3.63, 3.8) is 0 Å². The van der Waals surface area contributed by atoms with Crippen LogP contribution in [0.2, 0.25) is 0 Å². The Kier molecular flexibility index (Phi) is 4.32. The topological polar surface area (TPSA) is 18.5 Å². The Morgan fingerprint density at radius 1 is 1.24 bits per heavy atom. The van der Waals surface area contributed by atoms with Crippen LogP contribution in [-0.4, -0.2) is 13.2 Å². The predicted octanol–water partition coefficient (Wildman–Crippen LogP) is 4.33. The molecule has 0 bridgehead atoms. The number of alkyl halides is 1. The summed E-state index contributed by atoms with van der Waals surface area (Å²) < 4.78 is 11.1. The summed E-state index contributed by atoms with van der Waals surface area (Å²) in [7, 11) is 0. The van der Waals surface area contributed by atoms with Crippen molar-refractivity contribution in [1.29, 1.82) is 0 Å². The van der Waals surface area contributed by atoms with Gasteiger partial charge < -0.3 is 9.47 Å². The van der Waals surface area contributed by atoms with Crippen LogP contribution in [0.4, 0.5) is 0 Å². The molecule has 1 aliphatic heterocycles. The molecule has 17 heavy (non-hydrogen) atoms. The van der Waals surface area contributed by atoms with Crippen molar-refractivity contribution >= 4 is 15.9 Å². The SMILES string of the molecule is CCCC(C)C(Br)c1ccc2c(c1)OCCO2. The minimum Gasteiger partial charge on any atom is -0.486 e. The third-order valence-electron chi connectivity index (χ3n) is 3.13. The first-order valence-corrected chi connectivity index (χ1v) is 7.17. The van der Waals surface area contributed by atoms with Crippen LogP contribution >= 0.6 is 15.9 Å². The van der Waals surface area contributed by atoms with Gasteiger partial charge in [0.15, 0.2) is 11.5 Å². The summed E-state index contributed by atoms with van der Waals surface area (Å²) in [4.78, 5) is 0.387. The molecule has 0 aromatic heterocycles. The van der Waals surface area contributed by atoms with Crippen LogP contribution in [0.15, 0.2) is 18.2 Å². The van der Waals surface area contributed by atoms with E-state index in [2.05, 4.69) is 41.9 Å². The second-order valence-electron chi connectivity index (χ2n) is 4.57. The van der Waals surface area contributed by atoms with Crippen LogP contribution < -0.4 is 9.47 Å². The maximum atomic E-state index is 5.61. The highest BCUT2D eigenvalue weighted by molar-refractivity contribution is 9.09. The second-order valence-corrected chi connectivity index (χ2v) is 5.56.